The van der Waals surface area contributed by atoms with Crippen LogP contribution in [0, 0.1) is 0 Å². The van der Waals surface area contributed by atoms with Gasteiger partial charge in [-0.15, -0.1) is 0 Å². The topological polar surface area (TPSA) is 554 Å². The molecular formula is C70H78Br4N12O25. The monoisotopic (exact) mass is 1800 g/mol. The van der Waals surface area contributed by atoms with E-state index in [1.807, 2.05) is 93.4 Å². The molecule has 596 valence electrons. The summed E-state index contributed by atoms with van der Waals surface area (Å²) >= 11 is 14.2. The van der Waals surface area contributed by atoms with Crippen molar-refractivity contribution in [2.75, 3.05) is 44.5 Å². The molecule has 111 heavy (non-hydrogen) atoms. The van der Waals surface area contributed by atoms with Gasteiger partial charge in [-0.3, -0.25) is 67.1 Å². The zero-order valence-electron chi connectivity index (χ0n) is 59.6. The number of benzene rings is 4. The molecule has 1 unspecified atom stereocenters. The number of anilines is 2. The lowest BCUT2D eigenvalue weighted by atomic mass is 9.77. The Morgan fingerprint density at radius 3 is 1.29 bits per heavy atom. The predicted octanol–water partition coefficient (Wildman–Crippen LogP) is 4.05. The summed E-state index contributed by atoms with van der Waals surface area (Å²) in [6, 6.07) is 0.0284. The lowest BCUT2D eigenvalue weighted by molar-refractivity contribution is -0.145. The van der Waals surface area contributed by atoms with Crippen molar-refractivity contribution in [3.8, 4) is 11.5 Å². The molecule has 7 atom stereocenters. The van der Waals surface area contributed by atoms with E-state index < -0.39 is 181 Å². The van der Waals surface area contributed by atoms with Gasteiger partial charge in [0.2, 0.25) is 41.4 Å². The SMILES string of the molecule is CN(C)c1ccc2c(c1)Oc1cc(N(C)C)ccc1C21OC(=O)c2cc(C(=O)NCCCCC(NC(=O)[C@H](CC(=O)O)NC(=O)[C@H](CC(=O)O)NC(=O)[C@H](CC(=O)O)NC(=O)[C@H](CC(=O)O)NC(=O)[C@H](CC(=O)O)NC(=O)[C@H](CC(=O)O)NC(=O)CCCCCCCn3cnc4c(Br)c(Br)c(Br)c(Br)c43)C(=O)O)ccc21. The number of carbonyl (C=O) groups excluding carboxylic acids is 9. The zero-order chi connectivity index (χ0) is 82.0. The van der Waals surface area contributed by atoms with E-state index in [4.69, 9.17) is 9.47 Å². The Labute approximate surface area is 664 Å². The summed E-state index contributed by atoms with van der Waals surface area (Å²) in [5.41, 5.74) is 3.44. The number of ether oxygens (including phenoxy) is 2. The molecule has 0 saturated carbocycles. The zero-order valence-corrected chi connectivity index (χ0v) is 66.0. The van der Waals surface area contributed by atoms with Crippen molar-refractivity contribution < 1.29 is 122 Å². The van der Waals surface area contributed by atoms with Crippen molar-refractivity contribution in [3.63, 3.8) is 0 Å². The number of hydrogen-bond acceptors (Lipinski definition) is 21. The third kappa shape index (κ3) is 22.9. The first-order valence-electron chi connectivity index (χ1n) is 34.1. The summed E-state index contributed by atoms with van der Waals surface area (Å²) in [5, 5.41) is 84.8. The highest BCUT2D eigenvalue weighted by atomic mass is 79.9. The van der Waals surface area contributed by atoms with Crippen LogP contribution < -0.4 is 57.1 Å². The largest absolute Gasteiger partial charge is 0.481 e. The molecule has 0 aliphatic carbocycles. The number of hydrogen-bond donors (Lipinski definition) is 15. The molecule has 3 heterocycles. The number of aryl methyl sites for hydroxylation is 1. The smallest absolute Gasteiger partial charge is 0.340 e. The Balaban J connectivity index is 0.928. The Bertz CT molecular complexity index is 4460. The van der Waals surface area contributed by atoms with Crippen molar-refractivity contribution in [1.82, 2.24) is 52.1 Å². The van der Waals surface area contributed by atoms with Crippen LogP contribution in [0.3, 0.4) is 0 Å². The lowest BCUT2D eigenvalue weighted by Gasteiger charge is -2.37. The highest BCUT2D eigenvalue weighted by Gasteiger charge is 2.54. The van der Waals surface area contributed by atoms with Gasteiger partial charge in [0, 0.05) is 102 Å². The van der Waals surface area contributed by atoms with E-state index in [1.165, 1.54) is 12.1 Å². The minimum atomic E-state index is -2.42. The van der Waals surface area contributed by atoms with E-state index in [2.05, 4.69) is 84.7 Å². The highest BCUT2D eigenvalue weighted by Crippen LogP contribution is 2.57. The molecule has 8 amide bonds. The molecular weight excluding hydrogens is 1730 g/mol. The second-order valence-electron chi connectivity index (χ2n) is 26.2. The fourth-order valence-corrected chi connectivity index (χ4v) is 14.5. The average Bonchev–Trinajstić information content (AvgIpc) is 1.64. The number of unbranched alkanes of at least 4 members (excludes halogenated alkanes) is 5. The number of carbonyl (C=O) groups is 16. The van der Waals surface area contributed by atoms with E-state index in [0.717, 1.165) is 53.1 Å². The Morgan fingerprint density at radius 2 is 0.865 bits per heavy atom. The Kier molecular flexibility index (Phi) is 30.9. The lowest BCUT2D eigenvalue weighted by Crippen LogP contribution is -2.61. The molecule has 2 aliphatic rings. The molecule has 2 aliphatic heterocycles. The van der Waals surface area contributed by atoms with Crippen molar-refractivity contribution in [2.24, 2.45) is 0 Å². The number of esters is 1. The maximum Gasteiger partial charge on any atom is 0.340 e. The quantitative estimate of drug-likeness (QED) is 0.0113. The number of halogens is 4. The van der Waals surface area contributed by atoms with Crippen LogP contribution in [-0.2, 0) is 84.0 Å². The molecule has 7 rings (SSSR count). The van der Waals surface area contributed by atoms with Crippen LogP contribution in [0.5, 0.6) is 11.5 Å². The van der Waals surface area contributed by atoms with Crippen LogP contribution in [0.15, 0.2) is 78.8 Å². The molecule has 37 nitrogen and oxygen atoms in total. The van der Waals surface area contributed by atoms with Crippen molar-refractivity contribution in [2.45, 2.75) is 151 Å². The standard InChI is InChI=1S/C70H78Br4N12O25/c1-84(2)33-15-18-37-46(23-33)110-47-24-34(85(3)4)16-19-38(47)70(37)36-17-14-32(22-35(36)69(109)111-70)61(100)75-20-10-9-12-39(68(107)108)78-63(102)41(26-50(90)91)80-65(104)43(28-52(94)95)82-67(106)45(30-54(98)99)83-66(105)44(29-53(96)97)81-64(103)42(27-51(92)93)79-62(101)40(25-49(88)89)77-48(87)13-8-6-5-7-11-21-86-31-76-59-57(73)55(71)56(72)58(74)60(59)86/h14-19,22-24,31,39-45H,5-13,20-21,25-30H2,1-4H3,(H,75,100)(H,77,87)(H,78,102)(H,79,101)(H,80,104)(H,81,103)(H,82,106)(H,83,105)(H,88,89)(H,90,91)(H,92,93)(H,94,95)(H,96,97)(H,98,99)(H,107,108)/t39?,40-,41-,42-,43-,44-,45-/m0/s1. The van der Waals surface area contributed by atoms with E-state index in [0.29, 0.717) is 47.6 Å². The Hall–Kier alpha value is -10.8. The average molecular weight is 1810 g/mol. The Morgan fingerprint density at radius 1 is 0.468 bits per heavy atom. The third-order valence-corrected chi connectivity index (χ3v) is 22.3. The van der Waals surface area contributed by atoms with Gasteiger partial charge in [0.1, 0.15) is 59.3 Å². The van der Waals surface area contributed by atoms with Crippen LogP contribution in [0.1, 0.15) is 134 Å². The van der Waals surface area contributed by atoms with Gasteiger partial charge in [-0.05, 0) is 132 Å². The number of nitrogens with one attached hydrogen (secondary N) is 8. The molecule has 0 bridgehead atoms. The van der Waals surface area contributed by atoms with Gasteiger partial charge in [0.25, 0.3) is 5.91 Å². The van der Waals surface area contributed by atoms with Crippen molar-refractivity contribution >= 4 is 181 Å². The number of aromatic nitrogens is 2. The maximum absolute atomic E-state index is 13.9. The summed E-state index contributed by atoms with van der Waals surface area (Å²) < 4.78 is 17.8. The van der Waals surface area contributed by atoms with Gasteiger partial charge in [-0.1, -0.05) is 25.3 Å². The predicted molar refractivity (Wildman–Crippen MR) is 402 cm³/mol. The second-order valence-corrected chi connectivity index (χ2v) is 29.3. The van der Waals surface area contributed by atoms with Crippen LogP contribution >= 0.6 is 63.7 Å². The normalized spacial score (nSPS) is 14.1. The molecule has 5 aromatic rings. The van der Waals surface area contributed by atoms with E-state index in [-0.39, 0.29) is 49.8 Å². The minimum Gasteiger partial charge on any atom is -0.481 e. The first kappa shape index (κ1) is 87.4. The fourth-order valence-electron chi connectivity index (χ4n) is 12.1. The van der Waals surface area contributed by atoms with Crippen molar-refractivity contribution in [3.05, 3.63) is 107 Å². The number of amides is 8. The summed E-state index contributed by atoms with van der Waals surface area (Å²) in [6.07, 6.45) is -3.89. The first-order chi connectivity index (χ1) is 52.3. The number of carboxylic acids is 7. The summed E-state index contributed by atoms with van der Waals surface area (Å²) in [5.74, 6) is -23.4. The summed E-state index contributed by atoms with van der Waals surface area (Å²) in [4.78, 5) is 216. The van der Waals surface area contributed by atoms with Gasteiger partial charge in [-0.2, -0.15) is 0 Å². The van der Waals surface area contributed by atoms with Gasteiger partial charge in [0.15, 0.2) is 5.60 Å². The van der Waals surface area contributed by atoms with Gasteiger partial charge in [-0.25, -0.2) is 14.6 Å². The number of nitrogens with zero attached hydrogens (tertiary/aromatic N) is 4. The maximum atomic E-state index is 13.9. The van der Waals surface area contributed by atoms with E-state index in [9.17, 15) is 112 Å². The fraction of sp³-hybridized carbons (Fsp3) is 0.414. The number of fused-ring (bicyclic) bond motifs is 7. The van der Waals surface area contributed by atoms with E-state index >= 15 is 0 Å². The number of aliphatic carboxylic acids is 7. The van der Waals surface area contributed by atoms with Gasteiger partial charge >= 0.3 is 47.8 Å². The molecule has 1 aromatic heterocycles. The van der Waals surface area contributed by atoms with E-state index in [1.54, 1.807) is 24.5 Å². The van der Waals surface area contributed by atoms with Crippen LogP contribution in [0.2, 0.25) is 0 Å². The highest BCUT2D eigenvalue weighted by molar-refractivity contribution is 9.15. The molecule has 15 N–H and O–H groups in total. The number of rotatable bonds is 42. The van der Waals surface area contributed by atoms with Crippen LogP contribution in [0.4, 0.5) is 11.4 Å². The molecule has 0 radical (unpaired) electrons. The number of imidazole rings is 1. The third-order valence-electron chi connectivity index (χ3n) is 17.6. The first-order valence-corrected chi connectivity index (χ1v) is 37.3. The molecule has 0 saturated heterocycles. The van der Waals surface area contributed by atoms with Crippen molar-refractivity contribution in [1.29, 1.82) is 0 Å². The molecule has 41 heteroatoms. The van der Waals surface area contributed by atoms with Gasteiger partial charge in [0.05, 0.1) is 64.9 Å². The van der Waals surface area contributed by atoms with Gasteiger partial charge < -0.3 is 102 Å². The number of carboxylic acid groups (broad SMARTS) is 7. The minimum absolute atomic E-state index is 0.0305. The van der Waals surface area contributed by atoms with Crippen LogP contribution in [0.25, 0.3) is 11.0 Å². The summed E-state index contributed by atoms with van der Waals surface area (Å²) in [6.45, 7) is 0.524. The van der Waals surface area contributed by atoms with Crippen LogP contribution in [-0.4, -0.2) is 217 Å². The second kappa shape index (κ2) is 39.2. The molecule has 0 fully saturated rings. The molecule has 4 aromatic carbocycles. The molecule has 1 spiro atoms. The summed E-state index contributed by atoms with van der Waals surface area (Å²) in [7, 11) is 7.43.